The first-order valence-electron chi connectivity index (χ1n) is 8.30. The average molecular weight is 323 g/mol. The molecule has 2 N–H and O–H groups in total. The summed E-state index contributed by atoms with van der Waals surface area (Å²) >= 11 is 0. The number of nitrogens with one attached hydrogen (secondary N) is 1. The first-order chi connectivity index (χ1) is 11.6. The van der Waals surface area contributed by atoms with Crippen LogP contribution >= 0.6 is 0 Å². The maximum Gasteiger partial charge on any atom is 0.326 e. The molecule has 124 valence electrons. The van der Waals surface area contributed by atoms with E-state index < -0.39 is 12.0 Å². The number of benzene rings is 2. The lowest BCUT2D eigenvalue weighted by molar-refractivity contribution is -0.142. The molecule has 0 aromatic heterocycles. The molecule has 2 unspecified atom stereocenters. The summed E-state index contributed by atoms with van der Waals surface area (Å²) in [6.45, 7) is 0. The Morgan fingerprint density at radius 2 is 1.79 bits per heavy atom. The lowest BCUT2D eigenvalue weighted by Gasteiger charge is -2.26. The molecule has 0 saturated carbocycles. The van der Waals surface area contributed by atoms with E-state index in [1.165, 1.54) is 5.56 Å². The molecule has 4 nitrogen and oxygen atoms in total. The van der Waals surface area contributed by atoms with Crippen LogP contribution in [0.25, 0.3) is 0 Å². The van der Waals surface area contributed by atoms with Crippen LogP contribution in [0.1, 0.15) is 35.4 Å². The SMILES string of the molecule is O=C(O)C(Cc1ccccc1)NC(=O)C1CCCc2ccccc21. The number of aliphatic carboxylic acids is 1. The molecular weight excluding hydrogens is 302 g/mol. The largest absolute Gasteiger partial charge is 0.480 e. The van der Waals surface area contributed by atoms with E-state index in [4.69, 9.17) is 0 Å². The number of fused-ring (bicyclic) bond motifs is 1. The van der Waals surface area contributed by atoms with E-state index in [0.29, 0.717) is 0 Å². The van der Waals surface area contributed by atoms with E-state index in [2.05, 4.69) is 5.32 Å². The van der Waals surface area contributed by atoms with Crippen LogP contribution in [-0.4, -0.2) is 23.0 Å². The van der Waals surface area contributed by atoms with Crippen LogP contribution in [0, 0.1) is 0 Å². The highest BCUT2D eigenvalue weighted by Gasteiger charge is 2.29. The van der Waals surface area contributed by atoms with E-state index in [0.717, 1.165) is 30.4 Å². The summed E-state index contributed by atoms with van der Waals surface area (Å²) in [6, 6.07) is 16.4. The summed E-state index contributed by atoms with van der Waals surface area (Å²) < 4.78 is 0. The zero-order valence-electron chi connectivity index (χ0n) is 13.4. The van der Waals surface area contributed by atoms with Gasteiger partial charge in [0, 0.05) is 6.42 Å². The van der Waals surface area contributed by atoms with Crippen molar-refractivity contribution in [3.05, 3.63) is 71.3 Å². The third-order valence-electron chi connectivity index (χ3n) is 4.58. The van der Waals surface area contributed by atoms with E-state index in [1.54, 1.807) is 0 Å². The topological polar surface area (TPSA) is 66.4 Å². The van der Waals surface area contributed by atoms with Crippen LogP contribution in [0.3, 0.4) is 0 Å². The molecule has 0 heterocycles. The van der Waals surface area contributed by atoms with Gasteiger partial charge in [0.2, 0.25) is 5.91 Å². The monoisotopic (exact) mass is 323 g/mol. The van der Waals surface area contributed by atoms with Crippen molar-refractivity contribution in [1.82, 2.24) is 5.32 Å². The smallest absolute Gasteiger partial charge is 0.326 e. The molecule has 1 aliphatic carbocycles. The minimum absolute atomic E-state index is 0.189. The minimum Gasteiger partial charge on any atom is -0.480 e. The molecule has 0 fully saturated rings. The van der Waals surface area contributed by atoms with Crippen LogP contribution in [0.15, 0.2) is 54.6 Å². The molecule has 3 rings (SSSR count). The Hall–Kier alpha value is -2.62. The Balaban J connectivity index is 1.74. The molecule has 0 radical (unpaired) electrons. The number of carboxylic acids is 1. The Kier molecular flexibility index (Phi) is 4.94. The highest BCUT2D eigenvalue weighted by Crippen LogP contribution is 2.31. The van der Waals surface area contributed by atoms with Gasteiger partial charge in [-0.15, -0.1) is 0 Å². The van der Waals surface area contributed by atoms with Gasteiger partial charge in [-0.1, -0.05) is 54.6 Å². The van der Waals surface area contributed by atoms with E-state index in [9.17, 15) is 14.7 Å². The van der Waals surface area contributed by atoms with Crippen molar-refractivity contribution in [2.75, 3.05) is 0 Å². The summed E-state index contributed by atoms with van der Waals surface area (Å²) in [7, 11) is 0. The fourth-order valence-electron chi connectivity index (χ4n) is 3.35. The molecular formula is C20H21NO3. The van der Waals surface area contributed by atoms with E-state index in [1.807, 2.05) is 54.6 Å². The third kappa shape index (κ3) is 3.65. The fraction of sp³-hybridized carbons (Fsp3) is 0.300. The summed E-state index contributed by atoms with van der Waals surface area (Å²) in [4.78, 5) is 24.2. The number of aryl methyl sites for hydroxylation is 1. The second-order valence-electron chi connectivity index (χ2n) is 6.23. The first kappa shape index (κ1) is 16.2. The van der Waals surface area contributed by atoms with Gasteiger partial charge in [-0.2, -0.15) is 0 Å². The first-order valence-corrected chi connectivity index (χ1v) is 8.30. The zero-order valence-corrected chi connectivity index (χ0v) is 13.4. The Morgan fingerprint density at radius 1 is 1.08 bits per heavy atom. The Morgan fingerprint density at radius 3 is 2.54 bits per heavy atom. The third-order valence-corrected chi connectivity index (χ3v) is 4.58. The molecule has 24 heavy (non-hydrogen) atoms. The molecule has 0 aliphatic heterocycles. The van der Waals surface area contributed by atoms with Gasteiger partial charge >= 0.3 is 5.97 Å². The van der Waals surface area contributed by atoms with Crippen molar-refractivity contribution in [3.8, 4) is 0 Å². The van der Waals surface area contributed by atoms with Crippen molar-refractivity contribution < 1.29 is 14.7 Å². The summed E-state index contributed by atoms with van der Waals surface area (Å²) in [6.07, 6.45) is 2.98. The van der Waals surface area contributed by atoms with Crippen molar-refractivity contribution >= 4 is 11.9 Å². The van der Waals surface area contributed by atoms with Gasteiger partial charge in [0.25, 0.3) is 0 Å². The standard InChI is InChI=1S/C20H21NO3/c22-19(17-12-6-10-15-9-4-5-11-16(15)17)21-18(20(23)24)13-14-7-2-1-3-8-14/h1-5,7-9,11,17-18H,6,10,12-13H2,(H,21,22)(H,23,24). The fourth-order valence-corrected chi connectivity index (χ4v) is 3.35. The predicted octanol–water partition coefficient (Wildman–Crippen LogP) is 2.92. The lowest BCUT2D eigenvalue weighted by atomic mass is 9.82. The quantitative estimate of drug-likeness (QED) is 0.889. The molecule has 0 spiro atoms. The lowest BCUT2D eigenvalue weighted by Crippen LogP contribution is -2.44. The number of carbonyl (C=O) groups excluding carboxylic acids is 1. The molecule has 2 aromatic carbocycles. The molecule has 0 saturated heterocycles. The molecule has 0 bridgehead atoms. The van der Waals surface area contributed by atoms with Gasteiger partial charge in [0.1, 0.15) is 6.04 Å². The normalized spacial score (nSPS) is 17.6. The number of carboxylic acid groups (broad SMARTS) is 1. The van der Waals surface area contributed by atoms with Gasteiger partial charge in [-0.25, -0.2) is 4.79 Å². The average Bonchev–Trinajstić information content (AvgIpc) is 2.61. The highest BCUT2D eigenvalue weighted by atomic mass is 16.4. The van der Waals surface area contributed by atoms with Crippen LogP contribution in [0.5, 0.6) is 0 Å². The Labute approximate surface area is 141 Å². The summed E-state index contributed by atoms with van der Waals surface area (Å²) in [5.74, 6) is -1.45. The zero-order chi connectivity index (χ0) is 16.9. The van der Waals surface area contributed by atoms with Crippen molar-refractivity contribution in [1.29, 1.82) is 0 Å². The molecule has 1 aliphatic rings. The van der Waals surface area contributed by atoms with E-state index in [-0.39, 0.29) is 18.2 Å². The van der Waals surface area contributed by atoms with Crippen LogP contribution in [0.4, 0.5) is 0 Å². The van der Waals surface area contributed by atoms with E-state index >= 15 is 0 Å². The van der Waals surface area contributed by atoms with Crippen molar-refractivity contribution in [2.45, 2.75) is 37.6 Å². The molecule has 2 atom stereocenters. The minimum atomic E-state index is -1.00. The maximum atomic E-state index is 12.7. The highest BCUT2D eigenvalue weighted by molar-refractivity contribution is 5.88. The van der Waals surface area contributed by atoms with Crippen LogP contribution < -0.4 is 5.32 Å². The predicted molar refractivity (Wildman–Crippen MR) is 91.8 cm³/mol. The number of carbonyl (C=O) groups is 2. The van der Waals surface area contributed by atoms with Gasteiger partial charge in [0.15, 0.2) is 0 Å². The number of hydrogen-bond donors (Lipinski definition) is 2. The second-order valence-corrected chi connectivity index (χ2v) is 6.23. The second kappa shape index (κ2) is 7.30. The molecule has 2 aromatic rings. The van der Waals surface area contributed by atoms with Crippen molar-refractivity contribution in [2.24, 2.45) is 0 Å². The summed E-state index contributed by atoms with van der Waals surface area (Å²) in [5, 5.41) is 12.2. The van der Waals surface area contributed by atoms with Gasteiger partial charge in [-0.05, 0) is 36.0 Å². The maximum absolute atomic E-state index is 12.7. The van der Waals surface area contributed by atoms with Crippen LogP contribution in [0.2, 0.25) is 0 Å². The van der Waals surface area contributed by atoms with Gasteiger partial charge in [0.05, 0.1) is 5.92 Å². The number of amides is 1. The number of hydrogen-bond acceptors (Lipinski definition) is 2. The number of rotatable bonds is 5. The Bertz CT molecular complexity index is 727. The summed E-state index contributed by atoms with van der Waals surface area (Å²) in [5.41, 5.74) is 3.12. The van der Waals surface area contributed by atoms with Crippen molar-refractivity contribution in [3.63, 3.8) is 0 Å². The van der Waals surface area contributed by atoms with Gasteiger partial charge in [-0.3, -0.25) is 4.79 Å². The van der Waals surface area contributed by atoms with Gasteiger partial charge < -0.3 is 10.4 Å². The van der Waals surface area contributed by atoms with Crippen LogP contribution in [-0.2, 0) is 22.4 Å². The molecule has 4 heteroatoms. The molecule has 1 amide bonds.